The third-order valence-corrected chi connectivity index (χ3v) is 4.98. The highest BCUT2D eigenvalue weighted by Gasteiger charge is 2.10. The zero-order chi connectivity index (χ0) is 18.4. The summed E-state index contributed by atoms with van der Waals surface area (Å²) in [5, 5.41) is 0. The molecule has 0 aliphatic heterocycles. The molecule has 128 valence electrons. The largest absolute Gasteiger partial charge is 0.113 e. The Morgan fingerprint density at radius 1 is 0.885 bits per heavy atom. The topological polar surface area (TPSA) is 0 Å². The summed E-state index contributed by atoms with van der Waals surface area (Å²) in [4.78, 5) is 0. The highest BCUT2D eigenvalue weighted by molar-refractivity contribution is 6.32. The molecule has 0 spiro atoms. The van der Waals surface area contributed by atoms with Gasteiger partial charge in [0, 0.05) is 0 Å². The molecule has 0 saturated carbocycles. The lowest BCUT2D eigenvalue weighted by Gasteiger charge is -2.16. The first-order valence-corrected chi connectivity index (χ1v) is 9.37. The average Bonchev–Trinajstić information content (AvgIpc) is 2.69. The summed E-state index contributed by atoms with van der Waals surface area (Å²) in [7, 11) is 5.91. The van der Waals surface area contributed by atoms with Crippen molar-refractivity contribution in [3.8, 4) is 11.1 Å². The first-order chi connectivity index (χ1) is 12.7. The van der Waals surface area contributed by atoms with E-state index in [1.807, 2.05) is 12.1 Å². The van der Waals surface area contributed by atoms with Gasteiger partial charge in [-0.1, -0.05) is 104 Å². The van der Waals surface area contributed by atoms with E-state index in [-0.39, 0.29) is 0 Å². The highest BCUT2D eigenvalue weighted by Crippen LogP contribution is 2.28. The zero-order valence-corrected chi connectivity index (χ0v) is 15.7. The lowest BCUT2D eigenvalue weighted by molar-refractivity contribution is 0.716. The lowest BCUT2D eigenvalue weighted by Crippen LogP contribution is -2.03. The summed E-state index contributed by atoms with van der Waals surface area (Å²) in [6.45, 7) is 4.55. The van der Waals surface area contributed by atoms with Gasteiger partial charge in [0.25, 0.3) is 0 Å². The normalized spacial score (nSPS) is 12.8. The molecule has 0 bridgehead atoms. The lowest BCUT2D eigenvalue weighted by atomic mass is 9.88. The van der Waals surface area contributed by atoms with Crippen molar-refractivity contribution in [3.63, 3.8) is 0 Å². The van der Waals surface area contributed by atoms with Gasteiger partial charge in [0.05, 0.1) is 0 Å². The molecule has 3 rings (SSSR count). The maximum Gasteiger partial charge on any atom is 0.113 e. The van der Waals surface area contributed by atoms with Gasteiger partial charge in [0.2, 0.25) is 0 Å². The van der Waals surface area contributed by atoms with Gasteiger partial charge >= 0.3 is 0 Å². The van der Waals surface area contributed by atoms with Gasteiger partial charge in [0.15, 0.2) is 0 Å². The van der Waals surface area contributed by atoms with E-state index >= 15 is 0 Å². The fourth-order valence-corrected chi connectivity index (χ4v) is 3.26. The van der Waals surface area contributed by atoms with Crippen molar-refractivity contribution < 1.29 is 0 Å². The van der Waals surface area contributed by atoms with Gasteiger partial charge < -0.3 is 0 Å². The molecule has 3 aromatic carbocycles. The summed E-state index contributed by atoms with van der Waals surface area (Å²) in [6, 6.07) is 27.6. The Bertz CT molecular complexity index is 860. The average molecular weight is 336 g/mol. The molecule has 0 aromatic heterocycles. The highest BCUT2D eigenvalue weighted by atomic mass is 14.1. The molecule has 0 nitrogen and oxygen atoms in total. The van der Waals surface area contributed by atoms with E-state index in [2.05, 4.69) is 86.7 Å². The van der Waals surface area contributed by atoms with Gasteiger partial charge in [-0.2, -0.15) is 0 Å². The van der Waals surface area contributed by atoms with E-state index in [0.717, 1.165) is 18.3 Å². The molecule has 0 N–H and O–H groups in total. The molecule has 0 aliphatic carbocycles. The van der Waals surface area contributed by atoms with Crippen LogP contribution in [0.3, 0.4) is 0 Å². The molecule has 0 fully saturated rings. The van der Waals surface area contributed by atoms with Crippen molar-refractivity contribution in [1.82, 2.24) is 0 Å². The van der Waals surface area contributed by atoms with E-state index in [4.69, 9.17) is 7.85 Å². The van der Waals surface area contributed by atoms with Crippen LogP contribution >= 0.6 is 0 Å². The van der Waals surface area contributed by atoms with Crippen molar-refractivity contribution in [2.75, 3.05) is 0 Å². The second-order valence-corrected chi connectivity index (χ2v) is 6.86. The second-order valence-electron chi connectivity index (χ2n) is 6.86. The smallest absolute Gasteiger partial charge is 0.0964 e. The molecule has 1 atom stereocenters. The predicted molar refractivity (Wildman–Crippen MR) is 115 cm³/mol. The van der Waals surface area contributed by atoms with E-state index in [0.29, 0.717) is 5.92 Å². The monoisotopic (exact) mass is 336 g/mol. The molecule has 0 heterocycles. The number of rotatable bonds is 6. The van der Waals surface area contributed by atoms with Gasteiger partial charge in [-0.15, -0.1) is 0 Å². The van der Waals surface area contributed by atoms with E-state index in [9.17, 15) is 0 Å². The molecule has 0 saturated heterocycles. The zero-order valence-electron chi connectivity index (χ0n) is 15.7. The van der Waals surface area contributed by atoms with Gasteiger partial charge in [-0.05, 0) is 46.6 Å². The molecular formula is C25H25B. The van der Waals surface area contributed by atoms with E-state index in [1.54, 1.807) is 0 Å². The van der Waals surface area contributed by atoms with Crippen LogP contribution < -0.4 is 5.46 Å². The van der Waals surface area contributed by atoms with Crippen molar-refractivity contribution >= 4 is 18.9 Å². The fraction of sp³-hybridized carbons (Fsp3) is 0.200. The minimum atomic E-state index is 0.527. The van der Waals surface area contributed by atoms with Crippen LogP contribution in [0.2, 0.25) is 0 Å². The van der Waals surface area contributed by atoms with Crippen LogP contribution in [-0.4, -0.2) is 7.85 Å². The Balaban J connectivity index is 1.87. The first-order valence-electron chi connectivity index (χ1n) is 9.37. The Hall–Kier alpha value is -2.54. The molecule has 3 aromatic rings. The maximum absolute atomic E-state index is 5.91. The molecular weight excluding hydrogens is 311 g/mol. The van der Waals surface area contributed by atoms with Gasteiger partial charge in [-0.3, -0.25) is 0 Å². The van der Waals surface area contributed by atoms with E-state index in [1.165, 1.54) is 27.8 Å². The van der Waals surface area contributed by atoms with Gasteiger partial charge in [-0.25, -0.2) is 0 Å². The van der Waals surface area contributed by atoms with Crippen molar-refractivity contribution in [2.45, 2.75) is 26.7 Å². The minimum Gasteiger partial charge on any atom is -0.0964 e. The number of allylic oxidation sites excluding steroid dienone is 2. The Labute approximate surface area is 159 Å². The Morgan fingerprint density at radius 2 is 1.58 bits per heavy atom. The predicted octanol–water partition coefficient (Wildman–Crippen LogP) is 5.82. The summed E-state index contributed by atoms with van der Waals surface area (Å²) < 4.78 is 0. The molecule has 1 unspecified atom stereocenters. The van der Waals surface area contributed by atoms with Crippen molar-refractivity contribution in [3.05, 3.63) is 96.1 Å². The van der Waals surface area contributed by atoms with Crippen LogP contribution in [0.5, 0.6) is 0 Å². The molecule has 0 amide bonds. The van der Waals surface area contributed by atoms with Crippen molar-refractivity contribution in [2.24, 2.45) is 5.92 Å². The van der Waals surface area contributed by atoms with Crippen LogP contribution in [0.4, 0.5) is 0 Å². The number of benzene rings is 3. The second kappa shape index (κ2) is 8.71. The van der Waals surface area contributed by atoms with Gasteiger partial charge in [0.1, 0.15) is 7.85 Å². The summed E-state index contributed by atoms with van der Waals surface area (Å²) in [5.41, 5.74) is 7.32. The van der Waals surface area contributed by atoms with E-state index < -0.39 is 0 Å². The summed E-state index contributed by atoms with van der Waals surface area (Å²) >= 11 is 0. The molecule has 1 heteroatoms. The molecule has 0 aliphatic rings. The maximum atomic E-state index is 5.91. The first kappa shape index (κ1) is 18.3. The van der Waals surface area contributed by atoms with Crippen LogP contribution in [0.1, 0.15) is 31.4 Å². The summed E-state index contributed by atoms with van der Waals surface area (Å²) in [5.74, 6) is 0.527. The standard InChI is InChI=1S/C25H25B/c1-3-19(2)25(17-12-20-8-7-11-24(26)18-20)23-15-13-22(14-16-23)21-9-5-4-6-10-21/h4-11,13-19H,3,12H2,1-2H3/b25-17+. The third-order valence-electron chi connectivity index (χ3n) is 4.98. The van der Waals surface area contributed by atoms with Crippen LogP contribution in [-0.2, 0) is 6.42 Å². The Kier molecular flexibility index (Phi) is 6.12. The van der Waals surface area contributed by atoms with Crippen LogP contribution in [0, 0.1) is 5.92 Å². The fourth-order valence-electron chi connectivity index (χ4n) is 3.26. The molecule has 2 radical (unpaired) electrons. The quantitative estimate of drug-likeness (QED) is 0.498. The SMILES string of the molecule is [B]c1cccc(C/C=C(/c2ccc(-c3ccccc3)cc2)C(C)CC)c1. The van der Waals surface area contributed by atoms with Crippen molar-refractivity contribution in [1.29, 1.82) is 0 Å². The Morgan fingerprint density at radius 3 is 2.23 bits per heavy atom. The molecule has 26 heavy (non-hydrogen) atoms. The minimum absolute atomic E-state index is 0.527. The summed E-state index contributed by atoms with van der Waals surface area (Å²) in [6.07, 6.45) is 4.40. The number of hydrogen-bond acceptors (Lipinski definition) is 0. The third kappa shape index (κ3) is 4.55. The van der Waals surface area contributed by atoms with Crippen LogP contribution in [0.15, 0.2) is 84.9 Å². The number of hydrogen-bond donors (Lipinski definition) is 0. The van der Waals surface area contributed by atoms with Crippen LogP contribution in [0.25, 0.3) is 16.7 Å².